The lowest BCUT2D eigenvalue weighted by Crippen LogP contribution is -2.45. The summed E-state index contributed by atoms with van der Waals surface area (Å²) in [4.78, 5) is 25.2. The van der Waals surface area contributed by atoms with Crippen LogP contribution in [0.2, 0.25) is 0 Å². The van der Waals surface area contributed by atoms with Crippen molar-refractivity contribution < 1.29 is 19.4 Å². The van der Waals surface area contributed by atoms with Crippen LogP contribution in [-0.4, -0.2) is 23.1 Å². The number of hydrogen-bond donors (Lipinski definition) is 3. The van der Waals surface area contributed by atoms with Crippen LogP contribution < -0.4 is 10.6 Å². The largest absolute Gasteiger partial charge is 0.445 e. The maximum atomic E-state index is 12.9. The van der Waals surface area contributed by atoms with Gasteiger partial charge in [-0.05, 0) is 28.8 Å². The highest BCUT2D eigenvalue weighted by molar-refractivity contribution is 5.96. The van der Waals surface area contributed by atoms with Crippen LogP contribution in [0.4, 0.5) is 10.5 Å². The van der Waals surface area contributed by atoms with E-state index in [0.717, 1.165) is 11.1 Å². The molecule has 0 spiro atoms. The maximum Gasteiger partial charge on any atom is 0.408 e. The summed E-state index contributed by atoms with van der Waals surface area (Å²) in [6.07, 6.45) is -0.355. The number of carbonyl (C=O) groups excluding carboxylic acids is 2. The van der Waals surface area contributed by atoms with Crippen molar-refractivity contribution in [1.82, 2.24) is 5.32 Å². The number of benzene rings is 3. The van der Waals surface area contributed by atoms with Gasteiger partial charge in [0.05, 0.1) is 6.61 Å². The Labute approximate surface area is 175 Å². The van der Waals surface area contributed by atoms with E-state index < -0.39 is 12.1 Å². The molecule has 3 aromatic carbocycles. The number of alkyl carbamates (subject to hydrolysis) is 1. The first-order valence-electron chi connectivity index (χ1n) is 9.66. The number of amides is 2. The molecule has 0 aliphatic carbocycles. The van der Waals surface area contributed by atoms with Gasteiger partial charge >= 0.3 is 6.09 Å². The molecule has 3 rings (SSSR count). The number of nitrogens with one attached hydrogen (secondary N) is 2. The third-order valence-corrected chi connectivity index (χ3v) is 4.48. The van der Waals surface area contributed by atoms with Gasteiger partial charge in [0.2, 0.25) is 5.91 Å². The van der Waals surface area contributed by atoms with Crippen molar-refractivity contribution in [2.45, 2.75) is 25.7 Å². The predicted octanol–water partition coefficient (Wildman–Crippen LogP) is 3.66. The molecular weight excluding hydrogens is 380 g/mol. The number of ether oxygens (including phenoxy) is 1. The van der Waals surface area contributed by atoms with Crippen molar-refractivity contribution in [1.29, 1.82) is 0 Å². The summed E-state index contributed by atoms with van der Waals surface area (Å²) in [7, 11) is 0. The molecule has 30 heavy (non-hydrogen) atoms. The first kappa shape index (κ1) is 21.1. The SMILES string of the molecule is O=C(N[C@@H](Cc1ccccc1)C(=O)Nc1cccc(CO)c1)OCc1ccccc1. The Bertz CT molecular complexity index is 961. The summed E-state index contributed by atoms with van der Waals surface area (Å²) in [6.45, 7) is -0.00783. The average molecular weight is 404 g/mol. The molecule has 0 aliphatic heterocycles. The van der Waals surface area contributed by atoms with E-state index in [4.69, 9.17) is 4.74 Å². The van der Waals surface area contributed by atoms with Crippen molar-refractivity contribution in [3.8, 4) is 0 Å². The number of aliphatic hydroxyl groups is 1. The van der Waals surface area contributed by atoms with Crippen LogP contribution in [0.3, 0.4) is 0 Å². The Hall–Kier alpha value is -3.64. The van der Waals surface area contributed by atoms with Crippen molar-refractivity contribution in [2.75, 3.05) is 5.32 Å². The lowest BCUT2D eigenvalue weighted by Gasteiger charge is -2.19. The second-order valence-corrected chi connectivity index (χ2v) is 6.80. The van der Waals surface area contributed by atoms with E-state index in [2.05, 4.69) is 10.6 Å². The number of hydrogen-bond acceptors (Lipinski definition) is 4. The van der Waals surface area contributed by atoms with Gasteiger partial charge in [-0.15, -0.1) is 0 Å². The van der Waals surface area contributed by atoms with Gasteiger partial charge in [-0.3, -0.25) is 4.79 Å². The highest BCUT2D eigenvalue weighted by Gasteiger charge is 2.22. The van der Waals surface area contributed by atoms with Crippen molar-refractivity contribution in [3.05, 3.63) is 102 Å². The zero-order valence-corrected chi connectivity index (χ0v) is 16.5. The fourth-order valence-corrected chi connectivity index (χ4v) is 2.94. The summed E-state index contributed by atoms with van der Waals surface area (Å²) in [5.41, 5.74) is 2.99. The first-order chi connectivity index (χ1) is 14.6. The van der Waals surface area contributed by atoms with Gasteiger partial charge in [-0.25, -0.2) is 4.79 Å². The Balaban J connectivity index is 1.67. The molecule has 1 atom stereocenters. The minimum Gasteiger partial charge on any atom is -0.445 e. The Morgan fingerprint density at radius 1 is 0.833 bits per heavy atom. The molecule has 0 fully saturated rings. The van der Waals surface area contributed by atoms with Crippen molar-refractivity contribution in [3.63, 3.8) is 0 Å². The molecule has 0 radical (unpaired) electrons. The average Bonchev–Trinajstić information content (AvgIpc) is 2.79. The van der Waals surface area contributed by atoms with Crippen LogP contribution in [-0.2, 0) is 29.2 Å². The summed E-state index contributed by atoms with van der Waals surface area (Å²) < 4.78 is 5.27. The van der Waals surface area contributed by atoms with Crippen LogP contribution in [0.15, 0.2) is 84.9 Å². The highest BCUT2D eigenvalue weighted by Crippen LogP contribution is 2.12. The van der Waals surface area contributed by atoms with Gasteiger partial charge in [-0.1, -0.05) is 72.8 Å². The second-order valence-electron chi connectivity index (χ2n) is 6.80. The maximum absolute atomic E-state index is 12.9. The minimum atomic E-state index is -0.826. The minimum absolute atomic E-state index is 0.116. The normalized spacial score (nSPS) is 11.4. The summed E-state index contributed by atoms with van der Waals surface area (Å²) in [6, 6.07) is 24.8. The fraction of sp³-hybridized carbons (Fsp3) is 0.167. The molecule has 0 saturated carbocycles. The second kappa shape index (κ2) is 10.8. The van der Waals surface area contributed by atoms with Gasteiger partial charge < -0.3 is 20.5 Å². The number of anilines is 1. The molecule has 6 nitrogen and oxygen atoms in total. The monoisotopic (exact) mass is 404 g/mol. The lowest BCUT2D eigenvalue weighted by atomic mass is 10.1. The molecule has 0 bridgehead atoms. The molecule has 0 saturated heterocycles. The van der Waals surface area contributed by atoms with Gasteiger partial charge in [-0.2, -0.15) is 0 Å². The van der Waals surface area contributed by atoms with E-state index in [0.29, 0.717) is 17.7 Å². The third-order valence-electron chi connectivity index (χ3n) is 4.48. The first-order valence-corrected chi connectivity index (χ1v) is 9.66. The van der Waals surface area contributed by atoms with E-state index in [1.165, 1.54) is 0 Å². The molecule has 0 aliphatic rings. The Morgan fingerprint density at radius 3 is 2.13 bits per heavy atom. The molecule has 3 aromatic rings. The molecule has 0 aromatic heterocycles. The van der Waals surface area contributed by atoms with Gasteiger partial charge in [0.25, 0.3) is 0 Å². The quantitative estimate of drug-likeness (QED) is 0.535. The summed E-state index contributed by atoms with van der Waals surface area (Å²) >= 11 is 0. The van der Waals surface area contributed by atoms with Crippen LogP contribution in [0, 0.1) is 0 Å². The van der Waals surface area contributed by atoms with Crippen LogP contribution in [0.5, 0.6) is 0 Å². The number of aliphatic hydroxyl groups excluding tert-OH is 1. The molecule has 2 amide bonds. The van der Waals surface area contributed by atoms with E-state index in [1.54, 1.807) is 24.3 Å². The summed E-state index contributed by atoms with van der Waals surface area (Å²) in [5, 5.41) is 14.7. The molecule has 6 heteroatoms. The van der Waals surface area contributed by atoms with E-state index in [9.17, 15) is 14.7 Å². The Morgan fingerprint density at radius 2 is 1.47 bits per heavy atom. The standard InChI is InChI=1S/C24H24N2O4/c27-16-20-12-7-13-21(14-20)25-23(28)22(15-18-8-3-1-4-9-18)26-24(29)30-17-19-10-5-2-6-11-19/h1-14,22,27H,15-17H2,(H,25,28)(H,26,29)/t22-/m0/s1. The molecule has 0 heterocycles. The van der Waals surface area contributed by atoms with Gasteiger partial charge in [0.1, 0.15) is 12.6 Å². The lowest BCUT2D eigenvalue weighted by molar-refractivity contribution is -0.118. The molecule has 0 unspecified atom stereocenters. The number of rotatable bonds is 8. The topological polar surface area (TPSA) is 87.7 Å². The van der Waals surface area contributed by atoms with Gasteiger partial charge in [0.15, 0.2) is 0 Å². The van der Waals surface area contributed by atoms with E-state index >= 15 is 0 Å². The zero-order valence-electron chi connectivity index (χ0n) is 16.5. The molecule has 154 valence electrons. The third kappa shape index (κ3) is 6.46. The van der Waals surface area contributed by atoms with E-state index in [1.807, 2.05) is 60.7 Å². The highest BCUT2D eigenvalue weighted by atomic mass is 16.5. The van der Waals surface area contributed by atoms with Crippen LogP contribution in [0.1, 0.15) is 16.7 Å². The van der Waals surface area contributed by atoms with Crippen LogP contribution >= 0.6 is 0 Å². The smallest absolute Gasteiger partial charge is 0.408 e. The molecule has 3 N–H and O–H groups in total. The molecular formula is C24H24N2O4. The fourth-order valence-electron chi connectivity index (χ4n) is 2.94. The van der Waals surface area contributed by atoms with Crippen molar-refractivity contribution >= 4 is 17.7 Å². The zero-order chi connectivity index (χ0) is 21.2. The van der Waals surface area contributed by atoms with E-state index in [-0.39, 0.29) is 19.1 Å². The van der Waals surface area contributed by atoms with Gasteiger partial charge in [0, 0.05) is 12.1 Å². The van der Waals surface area contributed by atoms with Crippen molar-refractivity contribution in [2.24, 2.45) is 0 Å². The number of carbonyl (C=O) groups is 2. The summed E-state index contributed by atoms with van der Waals surface area (Å²) in [5.74, 6) is -0.370. The van der Waals surface area contributed by atoms with Crippen LogP contribution in [0.25, 0.3) is 0 Å². The predicted molar refractivity (Wildman–Crippen MR) is 115 cm³/mol. The Kier molecular flexibility index (Phi) is 7.58.